The minimum absolute atomic E-state index is 0.0559. The van der Waals surface area contributed by atoms with Gasteiger partial charge in [0.15, 0.2) is 5.69 Å². The van der Waals surface area contributed by atoms with E-state index in [1.807, 2.05) is 30.3 Å². The van der Waals surface area contributed by atoms with Crippen molar-refractivity contribution in [1.82, 2.24) is 14.8 Å². The summed E-state index contributed by atoms with van der Waals surface area (Å²) < 4.78 is 45.7. The van der Waals surface area contributed by atoms with Crippen LogP contribution in [0.2, 0.25) is 0 Å². The fraction of sp³-hybridized carbons (Fsp3) is 0.176. The first-order valence-electron chi connectivity index (χ1n) is 7.17. The summed E-state index contributed by atoms with van der Waals surface area (Å²) in [6, 6.07) is 12.7. The van der Waals surface area contributed by atoms with Crippen LogP contribution < -0.4 is 4.74 Å². The van der Waals surface area contributed by atoms with Crippen molar-refractivity contribution in [3.8, 4) is 17.0 Å². The van der Waals surface area contributed by atoms with Gasteiger partial charge in [0.2, 0.25) is 0 Å². The maximum Gasteiger partial charge on any atom is 0.435 e. The first-order valence-corrected chi connectivity index (χ1v) is 7.17. The summed E-state index contributed by atoms with van der Waals surface area (Å²) in [5.74, 6) is 0.486. The second-order valence-corrected chi connectivity index (χ2v) is 5.22. The Kier molecular flexibility index (Phi) is 4.24. The summed E-state index contributed by atoms with van der Waals surface area (Å²) in [5.41, 5.74) is 0.186. The SMILES string of the molecule is Cn1cc(-c2ccc(OCc3ccccc3)cn2)c(C(F)(F)F)n1. The largest absolute Gasteiger partial charge is 0.487 e. The molecule has 0 aliphatic carbocycles. The average Bonchev–Trinajstić information content (AvgIpc) is 2.97. The van der Waals surface area contributed by atoms with Crippen LogP contribution in [-0.2, 0) is 19.8 Å². The van der Waals surface area contributed by atoms with E-state index in [9.17, 15) is 13.2 Å². The Balaban J connectivity index is 1.78. The molecule has 2 aromatic heterocycles. The molecule has 0 saturated heterocycles. The summed E-state index contributed by atoms with van der Waals surface area (Å²) in [7, 11) is 1.44. The molecule has 0 fully saturated rings. The molecular formula is C17H14F3N3O. The summed E-state index contributed by atoms with van der Waals surface area (Å²) in [6.07, 6.45) is -1.82. The molecule has 0 spiro atoms. The van der Waals surface area contributed by atoms with Crippen LogP contribution >= 0.6 is 0 Å². The van der Waals surface area contributed by atoms with Crippen LogP contribution in [0.4, 0.5) is 13.2 Å². The molecule has 4 nitrogen and oxygen atoms in total. The molecule has 0 bridgehead atoms. The Labute approximate surface area is 136 Å². The summed E-state index contributed by atoms with van der Waals surface area (Å²) in [4.78, 5) is 4.07. The maximum absolute atomic E-state index is 13.0. The average molecular weight is 333 g/mol. The third kappa shape index (κ3) is 3.56. The second kappa shape index (κ2) is 6.35. The van der Waals surface area contributed by atoms with Gasteiger partial charge < -0.3 is 4.74 Å². The van der Waals surface area contributed by atoms with Gasteiger partial charge in [-0.05, 0) is 17.7 Å². The van der Waals surface area contributed by atoms with Crippen LogP contribution in [0.15, 0.2) is 54.9 Å². The predicted octanol–water partition coefficient (Wildman–Crippen LogP) is 4.08. The molecule has 0 aliphatic rings. The lowest BCUT2D eigenvalue weighted by molar-refractivity contribution is -0.141. The third-order valence-corrected chi connectivity index (χ3v) is 3.36. The van der Waals surface area contributed by atoms with Gasteiger partial charge in [0.25, 0.3) is 0 Å². The molecule has 0 aliphatic heterocycles. The van der Waals surface area contributed by atoms with Gasteiger partial charge in [0, 0.05) is 13.2 Å². The summed E-state index contributed by atoms with van der Waals surface area (Å²) >= 11 is 0. The normalized spacial score (nSPS) is 11.5. The zero-order valence-corrected chi connectivity index (χ0v) is 12.8. The smallest absolute Gasteiger partial charge is 0.435 e. The van der Waals surface area contributed by atoms with E-state index in [1.165, 1.54) is 25.5 Å². The number of alkyl halides is 3. The molecule has 24 heavy (non-hydrogen) atoms. The number of benzene rings is 1. The van der Waals surface area contributed by atoms with Crippen molar-refractivity contribution >= 4 is 0 Å². The number of hydrogen-bond donors (Lipinski definition) is 0. The fourth-order valence-corrected chi connectivity index (χ4v) is 2.25. The Morgan fingerprint density at radius 1 is 1.08 bits per heavy atom. The number of nitrogens with zero attached hydrogens (tertiary/aromatic N) is 3. The minimum Gasteiger partial charge on any atom is -0.487 e. The van der Waals surface area contributed by atoms with Crippen molar-refractivity contribution in [1.29, 1.82) is 0 Å². The lowest BCUT2D eigenvalue weighted by Crippen LogP contribution is -2.08. The van der Waals surface area contributed by atoms with Crippen molar-refractivity contribution in [3.63, 3.8) is 0 Å². The number of hydrogen-bond acceptors (Lipinski definition) is 3. The van der Waals surface area contributed by atoms with Crippen LogP contribution in [0, 0.1) is 0 Å². The molecule has 0 atom stereocenters. The molecule has 1 aromatic carbocycles. The topological polar surface area (TPSA) is 39.9 Å². The van der Waals surface area contributed by atoms with Crippen LogP contribution in [-0.4, -0.2) is 14.8 Å². The van der Waals surface area contributed by atoms with Crippen molar-refractivity contribution in [3.05, 3.63) is 66.1 Å². The van der Waals surface area contributed by atoms with Gasteiger partial charge in [0.05, 0.1) is 17.5 Å². The van der Waals surface area contributed by atoms with Crippen molar-refractivity contribution in [2.24, 2.45) is 7.05 Å². The van der Waals surface area contributed by atoms with Gasteiger partial charge in [-0.25, -0.2) is 0 Å². The fourth-order valence-electron chi connectivity index (χ4n) is 2.25. The summed E-state index contributed by atoms with van der Waals surface area (Å²) in [5, 5.41) is 3.48. The Bertz CT molecular complexity index is 811. The Morgan fingerprint density at radius 2 is 1.83 bits per heavy atom. The molecule has 0 radical (unpaired) electrons. The molecule has 3 aromatic rings. The quantitative estimate of drug-likeness (QED) is 0.722. The minimum atomic E-state index is -4.53. The number of halogens is 3. The molecule has 7 heteroatoms. The number of aromatic nitrogens is 3. The molecule has 0 N–H and O–H groups in total. The standard InChI is InChI=1S/C17H14F3N3O/c1-23-10-14(16(22-23)17(18,19)20)15-8-7-13(9-21-15)24-11-12-5-3-2-4-6-12/h2-10H,11H2,1H3. The van der Waals surface area contributed by atoms with E-state index in [1.54, 1.807) is 6.07 Å². The first kappa shape index (κ1) is 16.0. The predicted molar refractivity (Wildman–Crippen MR) is 82.2 cm³/mol. The highest BCUT2D eigenvalue weighted by molar-refractivity contribution is 5.62. The van der Waals surface area contributed by atoms with Gasteiger partial charge in [0.1, 0.15) is 12.4 Å². The first-order chi connectivity index (χ1) is 11.4. The highest BCUT2D eigenvalue weighted by Crippen LogP contribution is 2.35. The molecule has 0 unspecified atom stereocenters. The number of ether oxygens (including phenoxy) is 1. The summed E-state index contributed by atoms with van der Waals surface area (Å²) in [6.45, 7) is 0.364. The molecule has 2 heterocycles. The zero-order valence-electron chi connectivity index (χ0n) is 12.8. The van der Waals surface area contributed by atoms with Gasteiger partial charge in [-0.15, -0.1) is 0 Å². The lowest BCUT2D eigenvalue weighted by atomic mass is 10.1. The van der Waals surface area contributed by atoms with Crippen molar-refractivity contribution < 1.29 is 17.9 Å². The molecule has 3 rings (SSSR count). The maximum atomic E-state index is 13.0. The number of aryl methyl sites for hydroxylation is 1. The van der Waals surface area contributed by atoms with E-state index >= 15 is 0 Å². The van der Waals surface area contributed by atoms with E-state index in [2.05, 4.69) is 10.1 Å². The van der Waals surface area contributed by atoms with Crippen LogP contribution in [0.5, 0.6) is 5.75 Å². The second-order valence-electron chi connectivity index (χ2n) is 5.22. The van der Waals surface area contributed by atoms with Crippen LogP contribution in [0.25, 0.3) is 11.3 Å². The number of pyridine rings is 1. The van der Waals surface area contributed by atoms with E-state index in [-0.39, 0.29) is 11.3 Å². The molecule has 0 amide bonds. The van der Waals surface area contributed by atoms with Crippen molar-refractivity contribution in [2.45, 2.75) is 12.8 Å². The van der Waals surface area contributed by atoms with Gasteiger partial charge >= 0.3 is 6.18 Å². The number of rotatable bonds is 4. The van der Waals surface area contributed by atoms with Gasteiger partial charge in [-0.1, -0.05) is 30.3 Å². The van der Waals surface area contributed by atoms with E-state index in [4.69, 9.17) is 4.74 Å². The van der Waals surface area contributed by atoms with Crippen LogP contribution in [0.1, 0.15) is 11.3 Å². The monoisotopic (exact) mass is 333 g/mol. The zero-order chi connectivity index (χ0) is 17.2. The van der Waals surface area contributed by atoms with E-state index in [0.717, 1.165) is 10.2 Å². The molecule has 0 saturated carbocycles. The van der Waals surface area contributed by atoms with Gasteiger partial charge in [-0.3, -0.25) is 9.67 Å². The Morgan fingerprint density at radius 3 is 2.46 bits per heavy atom. The molecular weight excluding hydrogens is 319 g/mol. The van der Waals surface area contributed by atoms with Crippen LogP contribution in [0.3, 0.4) is 0 Å². The highest BCUT2D eigenvalue weighted by atomic mass is 19.4. The Hall–Kier alpha value is -2.83. The van der Waals surface area contributed by atoms with E-state index in [0.29, 0.717) is 12.4 Å². The third-order valence-electron chi connectivity index (χ3n) is 3.36. The van der Waals surface area contributed by atoms with E-state index < -0.39 is 11.9 Å². The molecule has 124 valence electrons. The van der Waals surface area contributed by atoms with Crippen molar-refractivity contribution in [2.75, 3.05) is 0 Å². The van der Waals surface area contributed by atoms with Gasteiger partial charge in [-0.2, -0.15) is 18.3 Å². The lowest BCUT2D eigenvalue weighted by Gasteiger charge is -2.08. The highest BCUT2D eigenvalue weighted by Gasteiger charge is 2.37.